The van der Waals surface area contributed by atoms with Gasteiger partial charge in [-0.3, -0.25) is 0 Å². The highest BCUT2D eigenvalue weighted by Gasteiger charge is 2.54. The molecule has 21 heavy (non-hydrogen) atoms. The molecule has 2 saturated carbocycles. The molecule has 0 radical (unpaired) electrons. The minimum absolute atomic E-state index is 0.276. The molecule has 0 amide bonds. The monoisotopic (exact) mass is 305 g/mol. The van der Waals surface area contributed by atoms with Crippen LogP contribution in [0.15, 0.2) is 24.3 Å². The van der Waals surface area contributed by atoms with Crippen LogP contribution in [0.25, 0.3) is 0 Å². The molecule has 1 spiro atoms. The van der Waals surface area contributed by atoms with Crippen molar-refractivity contribution in [2.45, 2.75) is 63.7 Å². The zero-order chi connectivity index (χ0) is 14.8. The van der Waals surface area contributed by atoms with E-state index in [2.05, 4.69) is 30.4 Å². The maximum absolute atomic E-state index is 6.53. The minimum atomic E-state index is 0.276. The topological polar surface area (TPSA) is 12.0 Å². The van der Waals surface area contributed by atoms with Crippen molar-refractivity contribution in [3.05, 3.63) is 34.9 Å². The van der Waals surface area contributed by atoms with Gasteiger partial charge in [-0.05, 0) is 49.3 Å². The largest absolute Gasteiger partial charge is 0.316 e. The normalized spacial score (nSPS) is 23.5. The number of hydrogen-bond donors (Lipinski definition) is 1. The lowest BCUT2D eigenvalue weighted by Gasteiger charge is -2.57. The van der Waals surface area contributed by atoms with E-state index in [1.807, 2.05) is 6.07 Å². The molecule has 3 rings (SSSR count). The fourth-order valence-corrected chi connectivity index (χ4v) is 5.22. The van der Waals surface area contributed by atoms with Crippen LogP contribution in [0, 0.1) is 5.41 Å². The summed E-state index contributed by atoms with van der Waals surface area (Å²) in [6.45, 7) is 4.31. The Morgan fingerprint density at radius 1 is 1.05 bits per heavy atom. The van der Waals surface area contributed by atoms with E-state index >= 15 is 0 Å². The summed E-state index contributed by atoms with van der Waals surface area (Å²) >= 11 is 6.53. The average Bonchev–Trinajstić information content (AvgIpc) is 2.70. The van der Waals surface area contributed by atoms with Gasteiger partial charge in [0.25, 0.3) is 0 Å². The third-order valence-electron chi connectivity index (χ3n) is 5.75. The molecule has 0 unspecified atom stereocenters. The second kappa shape index (κ2) is 6.30. The standard InChI is InChI=1S/C19H28ClN/c1-2-21-15-19(16-9-5-6-10-17(16)20)13-18(14-19)11-7-3-4-8-12-18/h5-6,9-10,21H,2-4,7-8,11-15H2,1H3. The Bertz CT molecular complexity index is 466. The van der Waals surface area contributed by atoms with Gasteiger partial charge in [0.15, 0.2) is 0 Å². The lowest BCUT2D eigenvalue weighted by atomic mass is 9.48. The molecule has 116 valence electrons. The molecule has 0 atom stereocenters. The summed E-state index contributed by atoms with van der Waals surface area (Å²) in [7, 11) is 0. The van der Waals surface area contributed by atoms with Crippen molar-refractivity contribution >= 4 is 11.6 Å². The average molecular weight is 306 g/mol. The first-order chi connectivity index (χ1) is 10.2. The third kappa shape index (κ3) is 3.00. The lowest BCUT2D eigenvalue weighted by molar-refractivity contribution is 0.00650. The van der Waals surface area contributed by atoms with Crippen molar-refractivity contribution in [2.24, 2.45) is 5.41 Å². The first kappa shape index (κ1) is 15.4. The van der Waals surface area contributed by atoms with Gasteiger partial charge >= 0.3 is 0 Å². The number of likely N-dealkylation sites (N-methyl/N-ethyl adjacent to an activating group) is 1. The van der Waals surface area contributed by atoms with E-state index in [-0.39, 0.29) is 5.41 Å². The molecule has 1 aromatic rings. The number of hydrogen-bond acceptors (Lipinski definition) is 1. The third-order valence-corrected chi connectivity index (χ3v) is 6.08. The summed E-state index contributed by atoms with van der Waals surface area (Å²) in [5.74, 6) is 0. The summed E-state index contributed by atoms with van der Waals surface area (Å²) < 4.78 is 0. The van der Waals surface area contributed by atoms with Crippen LogP contribution in [0.2, 0.25) is 5.02 Å². The van der Waals surface area contributed by atoms with Crippen LogP contribution >= 0.6 is 11.6 Å². The van der Waals surface area contributed by atoms with E-state index in [4.69, 9.17) is 11.6 Å². The van der Waals surface area contributed by atoms with Crippen LogP contribution in [0.1, 0.15) is 63.9 Å². The predicted molar refractivity (Wildman–Crippen MR) is 91.0 cm³/mol. The zero-order valence-electron chi connectivity index (χ0n) is 13.3. The Balaban J connectivity index is 1.82. The van der Waals surface area contributed by atoms with E-state index in [1.54, 1.807) is 0 Å². The highest BCUT2D eigenvalue weighted by Crippen LogP contribution is 2.61. The van der Waals surface area contributed by atoms with Crippen molar-refractivity contribution in [3.8, 4) is 0 Å². The number of benzene rings is 1. The molecule has 0 aliphatic heterocycles. The van der Waals surface area contributed by atoms with E-state index in [1.165, 1.54) is 56.9 Å². The maximum atomic E-state index is 6.53. The van der Waals surface area contributed by atoms with Gasteiger partial charge in [-0.1, -0.05) is 62.4 Å². The molecular weight excluding hydrogens is 278 g/mol. The second-order valence-electron chi connectivity index (χ2n) is 7.31. The van der Waals surface area contributed by atoms with Crippen LogP contribution in [0.5, 0.6) is 0 Å². The van der Waals surface area contributed by atoms with Crippen LogP contribution in [0.4, 0.5) is 0 Å². The summed E-state index contributed by atoms with van der Waals surface area (Å²) in [6, 6.07) is 8.51. The van der Waals surface area contributed by atoms with Crippen LogP contribution in [-0.4, -0.2) is 13.1 Å². The van der Waals surface area contributed by atoms with E-state index in [0.29, 0.717) is 5.41 Å². The zero-order valence-corrected chi connectivity index (χ0v) is 14.0. The molecule has 2 fully saturated rings. The Morgan fingerprint density at radius 3 is 2.33 bits per heavy atom. The first-order valence-electron chi connectivity index (χ1n) is 8.66. The highest BCUT2D eigenvalue weighted by atomic mass is 35.5. The van der Waals surface area contributed by atoms with Crippen molar-refractivity contribution in [1.29, 1.82) is 0 Å². The van der Waals surface area contributed by atoms with Crippen LogP contribution < -0.4 is 5.32 Å². The lowest BCUT2D eigenvalue weighted by Crippen LogP contribution is -2.54. The van der Waals surface area contributed by atoms with Gasteiger partial charge < -0.3 is 5.32 Å². The summed E-state index contributed by atoms with van der Waals surface area (Å²) in [5, 5.41) is 4.55. The number of rotatable bonds is 4. The molecule has 1 N–H and O–H groups in total. The minimum Gasteiger partial charge on any atom is -0.316 e. The number of nitrogens with one attached hydrogen (secondary N) is 1. The molecule has 0 bridgehead atoms. The summed E-state index contributed by atoms with van der Waals surface area (Å²) in [4.78, 5) is 0. The van der Waals surface area contributed by atoms with Gasteiger partial charge in [0.2, 0.25) is 0 Å². The van der Waals surface area contributed by atoms with Gasteiger partial charge in [0.05, 0.1) is 0 Å². The van der Waals surface area contributed by atoms with Crippen molar-refractivity contribution in [2.75, 3.05) is 13.1 Å². The SMILES string of the molecule is CCNCC1(c2ccccc2Cl)CC2(CCCCCC2)C1. The summed E-state index contributed by atoms with van der Waals surface area (Å²) in [6.07, 6.45) is 11.3. The predicted octanol–water partition coefficient (Wildman–Crippen LogP) is 5.32. The van der Waals surface area contributed by atoms with Crippen molar-refractivity contribution < 1.29 is 0 Å². The molecule has 2 aliphatic rings. The van der Waals surface area contributed by atoms with E-state index in [9.17, 15) is 0 Å². The highest BCUT2D eigenvalue weighted by molar-refractivity contribution is 6.31. The molecule has 0 saturated heterocycles. The van der Waals surface area contributed by atoms with Gasteiger partial charge in [-0.25, -0.2) is 0 Å². The van der Waals surface area contributed by atoms with Gasteiger partial charge in [0, 0.05) is 17.0 Å². The number of halogens is 1. The Hall–Kier alpha value is -0.530. The van der Waals surface area contributed by atoms with Crippen LogP contribution in [0.3, 0.4) is 0 Å². The fourth-order valence-electron chi connectivity index (χ4n) is 4.88. The molecule has 1 aromatic carbocycles. The Morgan fingerprint density at radius 2 is 1.71 bits per heavy atom. The smallest absolute Gasteiger partial charge is 0.0444 e. The molecular formula is C19H28ClN. The summed E-state index contributed by atoms with van der Waals surface area (Å²) in [5.41, 5.74) is 2.27. The quantitative estimate of drug-likeness (QED) is 0.793. The Kier molecular flexibility index (Phi) is 4.61. The van der Waals surface area contributed by atoms with Gasteiger partial charge in [-0.2, -0.15) is 0 Å². The maximum Gasteiger partial charge on any atom is 0.0444 e. The van der Waals surface area contributed by atoms with Gasteiger partial charge in [-0.15, -0.1) is 0 Å². The second-order valence-corrected chi connectivity index (χ2v) is 7.72. The van der Waals surface area contributed by atoms with E-state index < -0.39 is 0 Å². The van der Waals surface area contributed by atoms with Gasteiger partial charge in [0.1, 0.15) is 0 Å². The first-order valence-corrected chi connectivity index (χ1v) is 9.03. The molecule has 0 aromatic heterocycles. The molecule has 2 aliphatic carbocycles. The molecule has 0 heterocycles. The Labute approximate surface area is 134 Å². The fraction of sp³-hybridized carbons (Fsp3) is 0.684. The van der Waals surface area contributed by atoms with Crippen LogP contribution in [-0.2, 0) is 5.41 Å². The molecule has 2 heteroatoms. The van der Waals surface area contributed by atoms with Crippen molar-refractivity contribution in [1.82, 2.24) is 5.32 Å². The molecule has 1 nitrogen and oxygen atoms in total. The van der Waals surface area contributed by atoms with Crippen molar-refractivity contribution in [3.63, 3.8) is 0 Å². The van der Waals surface area contributed by atoms with E-state index in [0.717, 1.165) is 18.1 Å².